The van der Waals surface area contributed by atoms with Gasteiger partial charge in [-0.3, -0.25) is 0 Å². The molecule has 1 aliphatic rings. The van der Waals surface area contributed by atoms with Gasteiger partial charge in [-0.05, 0) is 61.6 Å². The van der Waals surface area contributed by atoms with E-state index in [1.807, 2.05) is 37.4 Å². The highest BCUT2D eigenvalue weighted by Crippen LogP contribution is 2.22. The average Bonchev–Trinajstić information content (AvgIpc) is 2.74. The number of hydrogen-bond acceptors (Lipinski definition) is 3. The summed E-state index contributed by atoms with van der Waals surface area (Å²) in [5, 5.41) is 3.45. The smallest absolute Gasteiger partial charge is 0.321 e. The van der Waals surface area contributed by atoms with E-state index in [-0.39, 0.29) is 6.03 Å². The van der Waals surface area contributed by atoms with Gasteiger partial charge in [0.1, 0.15) is 5.75 Å². The van der Waals surface area contributed by atoms with Crippen LogP contribution in [0.2, 0.25) is 5.02 Å². The minimum Gasteiger partial charge on any atom is -0.497 e. The van der Waals surface area contributed by atoms with Gasteiger partial charge >= 0.3 is 6.03 Å². The fraction of sp³-hybridized carbons (Fsp3) is 0.435. The van der Waals surface area contributed by atoms with Gasteiger partial charge in [0.05, 0.1) is 17.8 Å². The average molecular weight is 416 g/mol. The number of rotatable bonds is 7. The molecule has 6 heteroatoms. The Labute approximate surface area is 178 Å². The van der Waals surface area contributed by atoms with Crippen LogP contribution in [0.15, 0.2) is 48.5 Å². The number of likely N-dealkylation sites (tertiary alicyclic amines) is 1. The van der Waals surface area contributed by atoms with E-state index in [0.717, 1.165) is 44.8 Å². The second-order valence-corrected chi connectivity index (χ2v) is 8.10. The van der Waals surface area contributed by atoms with Gasteiger partial charge in [-0.2, -0.15) is 0 Å². The van der Waals surface area contributed by atoms with Crippen molar-refractivity contribution in [1.82, 2.24) is 9.80 Å². The van der Waals surface area contributed by atoms with Crippen LogP contribution < -0.4 is 10.1 Å². The van der Waals surface area contributed by atoms with E-state index in [2.05, 4.69) is 22.3 Å². The quantitative estimate of drug-likeness (QED) is 0.708. The Hall–Kier alpha value is -2.24. The van der Waals surface area contributed by atoms with Crippen molar-refractivity contribution in [2.75, 3.05) is 45.7 Å². The number of nitrogens with zero attached hydrogens (tertiary/aromatic N) is 2. The predicted molar refractivity (Wildman–Crippen MR) is 119 cm³/mol. The summed E-state index contributed by atoms with van der Waals surface area (Å²) in [6.07, 6.45) is 3.36. The van der Waals surface area contributed by atoms with Crippen LogP contribution in [0, 0.1) is 5.92 Å². The molecule has 1 heterocycles. The van der Waals surface area contributed by atoms with Gasteiger partial charge in [-0.15, -0.1) is 0 Å². The van der Waals surface area contributed by atoms with Crippen LogP contribution in [0.4, 0.5) is 10.5 Å². The molecule has 0 unspecified atom stereocenters. The van der Waals surface area contributed by atoms with Crippen LogP contribution in [0.5, 0.6) is 5.75 Å². The van der Waals surface area contributed by atoms with E-state index in [4.69, 9.17) is 16.3 Å². The van der Waals surface area contributed by atoms with Crippen LogP contribution >= 0.6 is 11.6 Å². The summed E-state index contributed by atoms with van der Waals surface area (Å²) in [7, 11) is 3.54. The van der Waals surface area contributed by atoms with E-state index in [0.29, 0.717) is 16.6 Å². The Morgan fingerprint density at radius 3 is 2.72 bits per heavy atom. The van der Waals surface area contributed by atoms with Crippen molar-refractivity contribution in [2.45, 2.75) is 19.3 Å². The molecule has 5 nitrogen and oxygen atoms in total. The van der Waals surface area contributed by atoms with Gasteiger partial charge < -0.3 is 19.9 Å². The number of urea groups is 1. The van der Waals surface area contributed by atoms with Crippen molar-refractivity contribution in [2.24, 2.45) is 5.92 Å². The lowest BCUT2D eigenvalue weighted by Crippen LogP contribution is -2.43. The standard InChI is InChI=1S/C23H30ClN3O2/c1-26(23(28)25-22-8-4-3-7-21(22)24)16-19-6-5-14-27(17-19)15-13-18-9-11-20(29-2)12-10-18/h3-4,7-12,19H,5-6,13-17H2,1-2H3,(H,25,28)/t19-/m1/s1. The van der Waals surface area contributed by atoms with Gasteiger partial charge in [-0.25, -0.2) is 4.79 Å². The monoisotopic (exact) mass is 415 g/mol. The molecule has 0 bridgehead atoms. The predicted octanol–water partition coefficient (Wildman–Crippen LogP) is 4.77. The number of ether oxygens (including phenoxy) is 1. The molecule has 1 aliphatic heterocycles. The summed E-state index contributed by atoms with van der Waals surface area (Å²) >= 11 is 6.14. The molecule has 29 heavy (non-hydrogen) atoms. The van der Waals surface area contributed by atoms with Crippen LogP contribution in [0.25, 0.3) is 0 Å². The molecule has 0 aliphatic carbocycles. The Balaban J connectivity index is 1.45. The number of hydrogen-bond donors (Lipinski definition) is 1. The fourth-order valence-electron chi connectivity index (χ4n) is 3.83. The van der Waals surface area contributed by atoms with Crippen LogP contribution in [-0.4, -0.2) is 56.2 Å². The number of para-hydroxylation sites is 1. The summed E-state index contributed by atoms with van der Waals surface area (Å²) < 4.78 is 5.22. The van der Waals surface area contributed by atoms with E-state index in [1.54, 1.807) is 18.1 Å². The molecule has 1 atom stereocenters. The van der Waals surface area contributed by atoms with Gasteiger partial charge in [0.25, 0.3) is 0 Å². The highest BCUT2D eigenvalue weighted by molar-refractivity contribution is 6.33. The van der Waals surface area contributed by atoms with E-state index in [9.17, 15) is 4.79 Å². The lowest BCUT2D eigenvalue weighted by Gasteiger charge is -2.34. The summed E-state index contributed by atoms with van der Waals surface area (Å²) in [5.74, 6) is 1.38. The molecule has 0 saturated carbocycles. The lowest BCUT2D eigenvalue weighted by molar-refractivity contribution is 0.150. The van der Waals surface area contributed by atoms with Gasteiger partial charge in [-0.1, -0.05) is 35.9 Å². The molecule has 3 rings (SSSR count). The first kappa shape index (κ1) is 21.5. The topological polar surface area (TPSA) is 44.8 Å². The van der Waals surface area contributed by atoms with Crippen molar-refractivity contribution >= 4 is 23.3 Å². The summed E-state index contributed by atoms with van der Waals surface area (Å²) in [6.45, 7) is 3.94. The number of halogens is 1. The second kappa shape index (κ2) is 10.5. The largest absolute Gasteiger partial charge is 0.497 e. The molecule has 0 radical (unpaired) electrons. The molecule has 2 aromatic rings. The molecule has 1 N–H and O–H groups in total. The molecular formula is C23H30ClN3O2. The number of carbonyl (C=O) groups excluding carboxylic acids is 1. The van der Waals surface area contributed by atoms with Crippen LogP contribution in [-0.2, 0) is 6.42 Å². The van der Waals surface area contributed by atoms with E-state index >= 15 is 0 Å². The summed E-state index contributed by atoms with van der Waals surface area (Å²) in [4.78, 5) is 16.8. The minimum atomic E-state index is -0.117. The Morgan fingerprint density at radius 2 is 2.00 bits per heavy atom. The lowest BCUT2D eigenvalue weighted by atomic mass is 9.97. The zero-order chi connectivity index (χ0) is 20.6. The summed E-state index contributed by atoms with van der Waals surface area (Å²) in [5.41, 5.74) is 1.97. The van der Waals surface area contributed by atoms with E-state index in [1.165, 1.54) is 12.0 Å². The van der Waals surface area contributed by atoms with Crippen molar-refractivity contribution < 1.29 is 9.53 Å². The maximum Gasteiger partial charge on any atom is 0.321 e. The first-order valence-electron chi connectivity index (χ1n) is 10.2. The highest BCUT2D eigenvalue weighted by Gasteiger charge is 2.22. The Bertz CT molecular complexity index is 797. The number of carbonyl (C=O) groups is 1. The number of piperidine rings is 1. The third kappa shape index (κ3) is 6.38. The van der Waals surface area contributed by atoms with Crippen molar-refractivity contribution in [1.29, 1.82) is 0 Å². The fourth-order valence-corrected chi connectivity index (χ4v) is 4.01. The van der Waals surface area contributed by atoms with Crippen molar-refractivity contribution in [3.63, 3.8) is 0 Å². The van der Waals surface area contributed by atoms with Crippen molar-refractivity contribution in [3.8, 4) is 5.75 Å². The number of amides is 2. The first-order chi connectivity index (χ1) is 14.0. The highest BCUT2D eigenvalue weighted by atomic mass is 35.5. The van der Waals surface area contributed by atoms with Gasteiger partial charge in [0, 0.05) is 26.7 Å². The Kier molecular flexibility index (Phi) is 7.78. The molecule has 1 saturated heterocycles. The normalized spacial score (nSPS) is 17.0. The van der Waals surface area contributed by atoms with Crippen molar-refractivity contribution in [3.05, 3.63) is 59.1 Å². The molecule has 156 valence electrons. The Morgan fingerprint density at radius 1 is 1.24 bits per heavy atom. The van der Waals surface area contributed by atoms with Crippen LogP contribution in [0.1, 0.15) is 18.4 Å². The van der Waals surface area contributed by atoms with Gasteiger partial charge in [0.2, 0.25) is 0 Å². The molecular weight excluding hydrogens is 386 g/mol. The number of nitrogens with one attached hydrogen (secondary N) is 1. The first-order valence-corrected chi connectivity index (χ1v) is 10.5. The molecule has 2 amide bonds. The summed E-state index contributed by atoms with van der Waals surface area (Å²) in [6, 6.07) is 15.5. The molecule has 2 aromatic carbocycles. The molecule has 1 fully saturated rings. The SMILES string of the molecule is COc1ccc(CCN2CCC[C@H](CN(C)C(=O)Nc3ccccc3Cl)C2)cc1. The van der Waals surface area contributed by atoms with Crippen LogP contribution in [0.3, 0.4) is 0 Å². The zero-order valence-corrected chi connectivity index (χ0v) is 18.0. The second-order valence-electron chi connectivity index (χ2n) is 7.70. The maximum atomic E-state index is 12.5. The third-order valence-electron chi connectivity index (χ3n) is 5.47. The molecule has 0 aromatic heterocycles. The number of methoxy groups -OCH3 is 1. The minimum absolute atomic E-state index is 0.117. The zero-order valence-electron chi connectivity index (χ0n) is 17.2. The molecule has 0 spiro atoms. The van der Waals surface area contributed by atoms with Gasteiger partial charge in [0.15, 0.2) is 0 Å². The maximum absolute atomic E-state index is 12.5. The van der Waals surface area contributed by atoms with E-state index < -0.39 is 0 Å². The number of anilines is 1. The number of benzene rings is 2. The third-order valence-corrected chi connectivity index (χ3v) is 5.80.